The Bertz CT molecular complexity index is 305. The molecule has 0 aliphatic heterocycles. The number of carbonyl (C=O) groups is 2. The Morgan fingerprint density at radius 1 is 1.47 bits per heavy atom. The number of esters is 1. The summed E-state index contributed by atoms with van der Waals surface area (Å²) in [5, 5.41) is 0. The predicted octanol–water partition coefficient (Wildman–Crippen LogP) is 3.04. The number of carbonyl (C=O) groups excluding carboxylic acids is 2. The smallest absolute Gasteiger partial charge is 0.306 e. The zero-order valence-electron chi connectivity index (χ0n) is 10.8. The molecule has 17 heavy (non-hydrogen) atoms. The second kappa shape index (κ2) is 7.25. The SMILES string of the molecule is CCCCC1=CC(=O)C(CC(=O)OCC)CC1. The Morgan fingerprint density at radius 2 is 2.24 bits per heavy atom. The Kier molecular flexibility index (Phi) is 5.95. The average Bonchev–Trinajstić information content (AvgIpc) is 2.30. The third kappa shape index (κ3) is 4.72. The topological polar surface area (TPSA) is 43.4 Å². The molecular weight excluding hydrogens is 216 g/mol. The summed E-state index contributed by atoms with van der Waals surface area (Å²) in [7, 11) is 0. The molecule has 0 aromatic rings. The van der Waals surface area contributed by atoms with E-state index in [1.54, 1.807) is 13.0 Å². The van der Waals surface area contributed by atoms with Crippen molar-refractivity contribution >= 4 is 11.8 Å². The van der Waals surface area contributed by atoms with Crippen LogP contribution in [-0.4, -0.2) is 18.4 Å². The molecule has 0 fully saturated rings. The van der Waals surface area contributed by atoms with Crippen LogP contribution in [0.3, 0.4) is 0 Å². The highest BCUT2D eigenvalue weighted by atomic mass is 16.5. The van der Waals surface area contributed by atoms with Crippen LogP contribution in [0.15, 0.2) is 11.6 Å². The third-order valence-corrected chi connectivity index (χ3v) is 3.13. The number of ketones is 1. The quantitative estimate of drug-likeness (QED) is 0.668. The van der Waals surface area contributed by atoms with Gasteiger partial charge in [0.25, 0.3) is 0 Å². The van der Waals surface area contributed by atoms with Crippen molar-refractivity contribution in [1.29, 1.82) is 0 Å². The summed E-state index contributed by atoms with van der Waals surface area (Å²) in [6.07, 6.45) is 7.06. The van der Waals surface area contributed by atoms with Crippen molar-refractivity contribution < 1.29 is 14.3 Å². The molecule has 96 valence electrons. The molecule has 0 bridgehead atoms. The molecule has 1 unspecified atom stereocenters. The van der Waals surface area contributed by atoms with E-state index < -0.39 is 0 Å². The number of ether oxygens (including phenoxy) is 1. The van der Waals surface area contributed by atoms with Gasteiger partial charge in [0.2, 0.25) is 0 Å². The van der Waals surface area contributed by atoms with E-state index >= 15 is 0 Å². The van der Waals surface area contributed by atoms with Crippen LogP contribution in [0, 0.1) is 5.92 Å². The van der Waals surface area contributed by atoms with Crippen molar-refractivity contribution in [3.63, 3.8) is 0 Å². The molecule has 1 atom stereocenters. The highest BCUT2D eigenvalue weighted by molar-refractivity contribution is 5.95. The van der Waals surface area contributed by atoms with E-state index in [1.807, 2.05) is 0 Å². The first-order chi connectivity index (χ1) is 8.17. The second-order valence-electron chi connectivity index (χ2n) is 4.55. The van der Waals surface area contributed by atoms with E-state index in [2.05, 4.69) is 6.92 Å². The molecule has 0 aromatic heterocycles. The maximum atomic E-state index is 11.8. The Labute approximate surface area is 103 Å². The molecule has 1 aliphatic rings. The molecule has 0 aromatic carbocycles. The molecule has 0 saturated heterocycles. The average molecular weight is 238 g/mol. The van der Waals surface area contributed by atoms with Gasteiger partial charge in [0.15, 0.2) is 5.78 Å². The number of allylic oxidation sites excluding steroid dienone is 2. The second-order valence-corrected chi connectivity index (χ2v) is 4.55. The van der Waals surface area contributed by atoms with Gasteiger partial charge in [-0.1, -0.05) is 18.9 Å². The number of hydrogen-bond donors (Lipinski definition) is 0. The van der Waals surface area contributed by atoms with Crippen LogP contribution in [0.25, 0.3) is 0 Å². The van der Waals surface area contributed by atoms with Gasteiger partial charge in [-0.3, -0.25) is 9.59 Å². The van der Waals surface area contributed by atoms with E-state index in [0.717, 1.165) is 32.1 Å². The molecule has 3 nitrogen and oxygen atoms in total. The van der Waals surface area contributed by atoms with Gasteiger partial charge < -0.3 is 4.74 Å². The molecule has 3 heteroatoms. The summed E-state index contributed by atoms with van der Waals surface area (Å²) >= 11 is 0. The van der Waals surface area contributed by atoms with E-state index in [-0.39, 0.29) is 24.1 Å². The van der Waals surface area contributed by atoms with Crippen LogP contribution in [-0.2, 0) is 14.3 Å². The summed E-state index contributed by atoms with van der Waals surface area (Å²) in [6, 6.07) is 0. The van der Waals surface area contributed by atoms with Gasteiger partial charge in [-0.25, -0.2) is 0 Å². The van der Waals surface area contributed by atoms with Crippen LogP contribution in [0.5, 0.6) is 0 Å². The van der Waals surface area contributed by atoms with Crippen molar-refractivity contribution in [3.05, 3.63) is 11.6 Å². The van der Waals surface area contributed by atoms with Crippen LogP contribution in [0.4, 0.5) is 0 Å². The third-order valence-electron chi connectivity index (χ3n) is 3.13. The first-order valence-electron chi connectivity index (χ1n) is 6.56. The lowest BCUT2D eigenvalue weighted by Gasteiger charge is -2.20. The van der Waals surface area contributed by atoms with Crippen molar-refractivity contribution in [2.45, 2.75) is 52.4 Å². The Balaban J connectivity index is 2.44. The lowest BCUT2D eigenvalue weighted by molar-refractivity contribution is -0.145. The van der Waals surface area contributed by atoms with E-state index in [1.165, 1.54) is 5.57 Å². The summed E-state index contributed by atoms with van der Waals surface area (Å²) < 4.78 is 4.87. The van der Waals surface area contributed by atoms with Crippen LogP contribution in [0.2, 0.25) is 0 Å². The lowest BCUT2D eigenvalue weighted by atomic mass is 9.85. The molecule has 0 N–H and O–H groups in total. The highest BCUT2D eigenvalue weighted by Gasteiger charge is 2.24. The fourth-order valence-electron chi connectivity index (χ4n) is 2.12. The minimum Gasteiger partial charge on any atom is -0.466 e. The Morgan fingerprint density at radius 3 is 2.82 bits per heavy atom. The van der Waals surface area contributed by atoms with Crippen LogP contribution in [0.1, 0.15) is 52.4 Å². The van der Waals surface area contributed by atoms with Crippen molar-refractivity contribution in [3.8, 4) is 0 Å². The zero-order chi connectivity index (χ0) is 12.7. The summed E-state index contributed by atoms with van der Waals surface area (Å²) in [4.78, 5) is 23.1. The largest absolute Gasteiger partial charge is 0.466 e. The zero-order valence-corrected chi connectivity index (χ0v) is 10.8. The molecule has 0 saturated carbocycles. The first-order valence-corrected chi connectivity index (χ1v) is 6.56. The summed E-state index contributed by atoms with van der Waals surface area (Å²) in [6.45, 7) is 4.31. The summed E-state index contributed by atoms with van der Waals surface area (Å²) in [5.41, 5.74) is 1.25. The van der Waals surface area contributed by atoms with Crippen molar-refractivity contribution in [2.75, 3.05) is 6.61 Å². The normalized spacial score (nSPS) is 20.0. The molecule has 0 radical (unpaired) electrons. The molecule has 1 aliphatic carbocycles. The van der Waals surface area contributed by atoms with Gasteiger partial charge in [-0.15, -0.1) is 0 Å². The molecule has 0 amide bonds. The van der Waals surface area contributed by atoms with E-state index in [9.17, 15) is 9.59 Å². The van der Waals surface area contributed by atoms with Gasteiger partial charge in [-0.2, -0.15) is 0 Å². The highest BCUT2D eigenvalue weighted by Crippen LogP contribution is 2.26. The maximum Gasteiger partial charge on any atom is 0.306 e. The molecule has 0 heterocycles. The van der Waals surface area contributed by atoms with Gasteiger partial charge >= 0.3 is 5.97 Å². The maximum absolute atomic E-state index is 11.8. The fraction of sp³-hybridized carbons (Fsp3) is 0.714. The van der Waals surface area contributed by atoms with Crippen LogP contribution >= 0.6 is 0 Å². The summed E-state index contributed by atoms with van der Waals surface area (Å²) in [5.74, 6) is -0.300. The minimum atomic E-state index is -0.253. The number of rotatable bonds is 6. The van der Waals surface area contributed by atoms with Crippen molar-refractivity contribution in [1.82, 2.24) is 0 Å². The van der Waals surface area contributed by atoms with Crippen molar-refractivity contribution in [2.24, 2.45) is 5.92 Å². The van der Waals surface area contributed by atoms with Gasteiger partial charge in [-0.05, 0) is 38.7 Å². The number of hydrogen-bond acceptors (Lipinski definition) is 3. The number of unbranched alkanes of at least 4 members (excludes halogenated alkanes) is 1. The van der Waals surface area contributed by atoms with E-state index in [4.69, 9.17) is 4.74 Å². The van der Waals surface area contributed by atoms with Gasteiger partial charge in [0.1, 0.15) is 0 Å². The first kappa shape index (κ1) is 13.9. The Hall–Kier alpha value is -1.12. The predicted molar refractivity (Wildman–Crippen MR) is 66.6 cm³/mol. The van der Waals surface area contributed by atoms with Crippen LogP contribution < -0.4 is 0 Å². The standard InChI is InChI=1S/C14H22O3/c1-3-5-6-11-7-8-12(13(15)9-11)10-14(16)17-4-2/h9,12H,3-8,10H2,1-2H3. The molecule has 0 spiro atoms. The van der Waals surface area contributed by atoms with E-state index in [0.29, 0.717) is 6.61 Å². The lowest BCUT2D eigenvalue weighted by Crippen LogP contribution is -2.22. The van der Waals surface area contributed by atoms with Gasteiger partial charge in [0, 0.05) is 5.92 Å². The monoisotopic (exact) mass is 238 g/mol. The minimum absolute atomic E-state index is 0.107. The fourth-order valence-corrected chi connectivity index (χ4v) is 2.12. The molecule has 1 rings (SSSR count). The van der Waals surface area contributed by atoms with Gasteiger partial charge in [0.05, 0.1) is 13.0 Å². The molecular formula is C14H22O3.